The summed E-state index contributed by atoms with van der Waals surface area (Å²) in [5.74, 6) is -3.40. The molecule has 1 atom stereocenters. The fraction of sp³-hybridized carbons (Fsp3) is 0.133. The van der Waals surface area contributed by atoms with E-state index in [1.807, 2.05) is 36.4 Å². The summed E-state index contributed by atoms with van der Waals surface area (Å²) in [5.41, 5.74) is 0.693. The van der Waals surface area contributed by atoms with Crippen molar-refractivity contribution < 1.29 is 13.2 Å². The molecule has 20 heavy (non-hydrogen) atoms. The molecule has 2 aromatic rings. The van der Waals surface area contributed by atoms with Gasteiger partial charge in [0.25, 0.3) is 0 Å². The molecule has 0 aliphatic heterocycles. The number of benzene rings is 2. The molecular formula is C15H11F3N2. The van der Waals surface area contributed by atoms with Crippen molar-refractivity contribution >= 4 is 0 Å². The molecule has 0 amide bonds. The van der Waals surface area contributed by atoms with E-state index in [2.05, 4.69) is 5.32 Å². The maximum atomic E-state index is 13.6. The van der Waals surface area contributed by atoms with Crippen LogP contribution in [0.15, 0.2) is 42.5 Å². The molecule has 0 spiro atoms. The quantitative estimate of drug-likeness (QED) is 0.868. The summed E-state index contributed by atoms with van der Waals surface area (Å²) in [6, 6.07) is 11.1. The standard InChI is InChI=1S/C15H11F3N2/c16-12-7-14(18)13(17)6-11(12)15(8-19)20-9-10-4-2-1-3-5-10/h1-7,15,20H,9H2. The number of hydrogen-bond acceptors (Lipinski definition) is 2. The Labute approximate surface area is 114 Å². The maximum Gasteiger partial charge on any atom is 0.161 e. The predicted octanol–water partition coefficient (Wildman–Crippen LogP) is 3.46. The van der Waals surface area contributed by atoms with Crippen molar-refractivity contribution in [3.63, 3.8) is 0 Å². The van der Waals surface area contributed by atoms with Gasteiger partial charge in [-0.25, -0.2) is 13.2 Å². The SMILES string of the molecule is N#CC(NCc1ccccc1)c1cc(F)c(F)cc1F. The van der Waals surface area contributed by atoms with Crippen LogP contribution in [0.1, 0.15) is 17.2 Å². The Morgan fingerprint density at radius 3 is 2.30 bits per heavy atom. The molecule has 2 nitrogen and oxygen atoms in total. The van der Waals surface area contributed by atoms with E-state index in [-0.39, 0.29) is 5.56 Å². The van der Waals surface area contributed by atoms with Gasteiger partial charge in [0, 0.05) is 18.2 Å². The second kappa shape index (κ2) is 6.22. The van der Waals surface area contributed by atoms with Crippen LogP contribution >= 0.6 is 0 Å². The lowest BCUT2D eigenvalue weighted by Crippen LogP contribution is -2.21. The summed E-state index contributed by atoms with van der Waals surface area (Å²) in [4.78, 5) is 0. The van der Waals surface area contributed by atoms with E-state index in [1.165, 1.54) is 0 Å². The van der Waals surface area contributed by atoms with Gasteiger partial charge < -0.3 is 0 Å². The highest BCUT2D eigenvalue weighted by Gasteiger charge is 2.18. The van der Waals surface area contributed by atoms with Crippen molar-refractivity contribution in [3.8, 4) is 6.07 Å². The van der Waals surface area contributed by atoms with Crippen molar-refractivity contribution in [1.82, 2.24) is 5.32 Å². The highest BCUT2D eigenvalue weighted by molar-refractivity contribution is 5.28. The largest absolute Gasteiger partial charge is 0.294 e. The predicted molar refractivity (Wildman–Crippen MR) is 68.0 cm³/mol. The minimum Gasteiger partial charge on any atom is -0.294 e. The first-order valence-corrected chi connectivity index (χ1v) is 5.93. The molecule has 2 rings (SSSR count). The zero-order valence-electron chi connectivity index (χ0n) is 10.4. The highest BCUT2D eigenvalue weighted by atomic mass is 19.2. The number of nitrogens with zero attached hydrogens (tertiary/aromatic N) is 1. The molecule has 0 aromatic heterocycles. The first-order valence-electron chi connectivity index (χ1n) is 5.93. The molecule has 0 radical (unpaired) electrons. The van der Waals surface area contributed by atoms with Crippen molar-refractivity contribution in [3.05, 3.63) is 71.0 Å². The Hall–Kier alpha value is -2.32. The fourth-order valence-electron chi connectivity index (χ4n) is 1.80. The summed E-state index contributed by atoms with van der Waals surface area (Å²) in [7, 11) is 0. The minimum atomic E-state index is -1.27. The van der Waals surface area contributed by atoms with Crippen LogP contribution in [0.25, 0.3) is 0 Å². The van der Waals surface area contributed by atoms with Crippen molar-refractivity contribution in [2.75, 3.05) is 0 Å². The zero-order chi connectivity index (χ0) is 14.5. The molecule has 102 valence electrons. The molecule has 1 N–H and O–H groups in total. The van der Waals surface area contributed by atoms with Gasteiger partial charge in [-0.15, -0.1) is 0 Å². The van der Waals surface area contributed by atoms with Gasteiger partial charge in [-0.2, -0.15) is 5.26 Å². The average Bonchev–Trinajstić information content (AvgIpc) is 2.46. The summed E-state index contributed by atoms with van der Waals surface area (Å²) in [6.07, 6.45) is 0. The molecule has 0 heterocycles. The van der Waals surface area contributed by atoms with Crippen LogP contribution in [0.2, 0.25) is 0 Å². The molecular weight excluding hydrogens is 265 g/mol. The third-order valence-electron chi connectivity index (χ3n) is 2.83. The van der Waals surface area contributed by atoms with Gasteiger partial charge in [-0.05, 0) is 11.6 Å². The van der Waals surface area contributed by atoms with E-state index >= 15 is 0 Å². The highest BCUT2D eigenvalue weighted by Crippen LogP contribution is 2.20. The van der Waals surface area contributed by atoms with Crippen LogP contribution in [0.5, 0.6) is 0 Å². The summed E-state index contributed by atoms with van der Waals surface area (Å²) >= 11 is 0. The smallest absolute Gasteiger partial charge is 0.161 e. The van der Waals surface area contributed by atoms with Crippen molar-refractivity contribution in [2.24, 2.45) is 0 Å². The minimum absolute atomic E-state index is 0.206. The van der Waals surface area contributed by atoms with Gasteiger partial charge in [-0.1, -0.05) is 30.3 Å². The number of nitrogens with one attached hydrogen (secondary N) is 1. The number of nitriles is 1. The zero-order valence-corrected chi connectivity index (χ0v) is 10.4. The number of halogens is 3. The van der Waals surface area contributed by atoms with E-state index < -0.39 is 23.5 Å². The molecule has 5 heteroatoms. The Kier molecular flexibility index (Phi) is 4.38. The molecule has 0 saturated carbocycles. The van der Waals surface area contributed by atoms with Gasteiger partial charge >= 0.3 is 0 Å². The van der Waals surface area contributed by atoms with Gasteiger partial charge in [-0.3, -0.25) is 5.32 Å². The summed E-state index contributed by atoms with van der Waals surface area (Å²) in [5, 5.41) is 11.8. The molecule has 2 aromatic carbocycles. The first-order chi connectivity index (χ1) is 9.61. The average molecular weight is 276 g/mol. The molecule has 0 aliphatic carbocycles. The maximum absolute atomic E-state index is 13.6. The van der Waals surface area contributed by atoms with Gasteiger partial charge in [0.15, 0.2) is 11.6 Å². The van der Waals surface area contributed by atoms with Crippen LogP contribution in [0, 0.1) is 28.8 Å². The van der Waals surface area contributed by atoms with Crippen LogP contribution in [-0.4, -0.2) is 0 Å². The molecule has 0 saturated heterocycles. The van der Waals surface area contributed by atoms with E-state index in [0.717, 1.165) is 5.56 Å². The van der Waals surface area contributed by atoms with Crippen LogP contribution < -0.4 is 5.32 Å². The van der Waals surface area contributed by atoms with Gasteiger partial charge in [0.2, 0.25) is 0 Å². The van der Waals surface area contributed by atoms with E-state index in [1.54, 1.807) is 0 Å². The van der Waals surface area contributed by atoms with Gasteiger partial charge in [0.05, 0.1) is 6.07 Å². The first kappa shape index (κ1) is 14.1. The van der Waals surface area contributed by atoms with E-state index in [0.29, 0.717) is 18.7 Å². The molecule has 1 unspecified atom stereocenters. The van der Waals surface area contributed by atoms with Crippen LogP contribution in [0.3, 0.4) is 0 Å². The Morgan fingerprint density at radius 2 is 1.65 bits per heavy atom. The summed E-state index contributed by atoms with van der Waals surface area (Å²) < 4.78 is 39.6. The van der Waals surface area contributed by atoms with E-state index in [4.69, 9.17) is 5.26 Å². The molecule has 0 bridgehead atoms. The lowest BCUT2D eigenvalue weighted by molar-refractivity contribution is 0.482. The third kappa shape index (κ3) is 3.16. The Bertz CT molecular complexity index is 636. The second-order valence-electron chi connectivity index (χ2n) is 4.22. The van der Waals surface area contributed by atoms with Crippen LogP contribution in [0.4, 0.5) is 13.2 Å². The Morgan fingerprint density at radius 1 is 1.00 bits per heavy atom. The second-order valence-corrected chi connectivity index (χ2v) is 4.22. The fourth-order valence-corrected chi connectivity index (χ4v) is 1.80. The third-order valence-corrected chi connectivity index (χ3v) is 2.83. The van der Waals surface area contributed by atoms with Crippen molar-refractivity contribution in [2.45, 2.75) is 12.6 Å². The topological polar surface area (TPSA) is 35.8 Å². The monoisotopic (exact) mass is 276 g/mol. The lowest BCUT2D eigenvalue weighted by Gasteiger charge is -2.13. The van der Waals surface area contributed by atoms with Crippen molar-refractivity contribution in [1.29, 1.82) is 5.26 Å². The molecule has 0 fully saturated rings. The normalized spacial score (nSPS) is 11.9. The number of hydrogen-bond donors (Lipinski definition) is 1. The Balaban J connectivity index is 2.17. The lowest BCUT2D eigenvalue weighted by atomic mass is 10.1. The van der Waals surface area contributed by atoms with Gasteiger partial charge in [0.1, 0.15) is 11.9 Å². The number of rotatable bonds is 4. The van der Waals surface area contributed by atoms with E-state index in [9.17, 15) is 13.2 Å². The molecule has 0 aliphatic rings. The van der Waals surface area contributed by atoms with Crippen LogP contribution in [-0.2, 0) is 6.54 Å². The summed E-state index contributed by atoms with van der Waals surface area (Å²) in [6.45, 7) is 0.317.